The number of hydrogen-bond donors (Lipinski definition) is 3. The maximum atomic E-state index is 13.9. The lowest BCUT2D eigenvalue weighted by atomic mass is 9.85. The molecule has 2 fully saturated rings. The number of hydrogen-bond acceptors (Lipinski definition) is 9. The van der Waals surface area contributed by atoms with Crippen molar-refractivity contribution in [2.24, 2.45) is 5.41 Å². The van der Waals surface area contributed by atoms with Gasteiger partial charge in [0.2, 0.25) is 17.7 Å². The van der Waals surface area contributed by atoms with Gasteiger partial charge in [-0.3, -0.25) is 19.3 Å². The monoisotopic (exact) mass is 601 g/mol. The van der Waals surface area contributed by atoms with E-state index < -0.39 is 35.6 Å². The van der Waals surface area contributed by atoms with Crippen LogP contribution in [0.15, 0.2) is 29.8 Å². The van der Waals surface area contributed by atoms with Gasteiger partial charge in [0, 0.05) is 39.7 Å². The number of rotatable bonds is 10. The summed E-state index contributed by atoms with van der Waals surface area (Å²) < 4.78 is 10.8. The number of aryl methyl sites for hydroxylation is 1. The van der Waals surface area contributed by atoms with Crippen LogP contribution in [0.25, 0.3) is 10.4 Å². The van der Waals surface area contributed by atoms with E-state index in [1.807, 2.05) is 62.4 Å². The van der Waals surface area contributed by atoms with Crippen LogP contribution in [0.4, 0.5) is 0 Å². The van der Waals surface area contributed by atoms with Crippen LogP contribution in [0, 0.1) is 12.3 Å². The summed E-state index contributed by atoms with van der Waals surface area (Å²) in [5, 5.41) is 16.4. The van der Waals surface area contributed by atoms with Crippen LogP contribution >= 0.6 is 11.3 Å². The van der Waals surface area contributed by atoms with Gasteiger partial charge in [-0.25, -0.2) is 4.98 Å². The number of methoxy groups -OCH3 is 1. The van der Waals surface area contributed by atoms with E-state index >= 15 is 0 Å². The molecule has 0 saturated carbocycles. The minimum atomic E-state index is -0.903. The third-order valence-electron chi connectivity index (χ3n) is 7.82. The minimum Gasteiger partial charge on any atom is -0.391 e. The van der Waals surface area contributed by atoms with Crippen molar-refractivity contribution >= 4 is 29.1 Å². The molecule has 42 heavy (non-hydrogen) atoms. The first-order chi connectivity index (χ1) is 20.0. The van der Waals surface area contributed by atoms with Gasteiger partial charge in [0.15, 0.2) is 0 Å². The molecule has 0 aliphatic carbocycles. The molecule has 2 aliphatic heterocycles. The van der Waals surface area contributed by atoms with E-state index in [0.717, 1.165) is 21.7 Å². The lowest BCUT2D eigenvalue weighted by molar-refractivity contribution is -0.146. The van der Waals surface area contributed by atoms with E-state index in [2.05, 4.69) is 15.6 Å². The first-order valence-electron chi connectivity index (χ1n) is 14.4. The third-order valence-corrected chi connectivity index (χ3v) is 8.79. The SMILES string of the molecule is COCCN1CCOC[C@H]1C(=O)NC(C(=O)N1C[C@H](O)C[C@H]1C(=O)NCc1ccc(-c2scnc2C)cc1)C(C)(C)C. The largest absolute Gasteiger partial charge is 0.391 e. The molecule has 1 aromatic heterocycles. The molecule has 1 unspecified atom stereocenters. The van der Waals surface area contributed by atoms with Gasteiger partial charge in [-0.05, 0) is 23.5 Å². The summed E-state index contributed by atoms with van der Waals surface area (Å²) in [4.78, 5) is 49.5. The molecular formula is C30H43N5O6S. The molecule has 3 N–H and O–H groups in total. The molecule has 11 nitrogen and oxygen atoms in total. The molecule has 12 heteroatoms. The van der Waals surface area contributed by atoms with E-state index in [9.17, 15) is 19.5 Å². The van der Waals surface area contributed by atoms with Crippen LogP contribution in [0.5, 0.6) is 0 Å². The maximum Gasteiger partial charge on any atom is 0.246 e. The number of amides is 3. The number of morpholine rings is 1. The van der Waals surface area contributed by atoms with Crippen molar-refractivity contribution in [1.82, 2.24) is 25.4 Å². The number of ether oxygens (including phenoxy) is 2. The predicted octanol–water partition coefficient (Wildman–Crippen LogP) is 1.57. The van der Waals surface area contributed by atoms with Crippen molar-refractivity contribution in [3.63, 3.8) is 0 Å². The Morgan fingerprint density at radius 3 is 2.57 bits per heavy atom. The lowest BCUT2D eigenvalue weighted by Gasteiger charge is -2.38. The summed E-state index contributed by atoms with van der Waals surface area (Å²) in [5.41, 5.74) is 4.13. The molecule has 4 rings (SSSR count). The predicted molar refractivity (Wildman–Crippen MR) is 160 cm³/mol. The van der Waals surface area contributed by atoms with Crippen molar-refractivity contribution in [2.75, 3.05) is 46.6 Å². The number of likely N-dealkylation sites (tertiary alicyclic amines) is 1. The zero-order valence-corrected chi connectivity index (χ0v) is 25.9. The number of aliphatic hydroxyl groups excluding tert-OH is 1. The fourth-order valence-electron chi connectivity index (χ4n) is 5.37. The van der Waals surface area contributed by atoms with Gasteiger partial charge in [0.25, 0.3) is 0 Å². The van der Waals surface area contributed by atoms with E-state index in [0.29, 0.717) is 26.3 Å². The van der Waals surface area contributed by atoms with E-state index in [-0.39, 0.29) is 37.9 Å². The summed E-state index contributed by atoms with van der Waals surface area (Å²) in [6.07, 6.45) is -0.702. The van der Waals surface area contributed by atoms with E-state index in [4.69, 9.17) is 9.47 Å². The minimum absolute atomic E-state index is 0.0226. The van der Waals surface area contributed by atoms with Gasteiger partial charge in [-0.1, -0.05) is 45.0 Å². The molecule has 230 valence electrons. The van der Waals surface area contributed by atoms with Crippen molar-refractivity contribution in [3.05, 3.63) is 41.0 Å². The number of carbonyl (C=O) groups is 3. The molecule has 0 bridgehead atoms. The van der Waals surface area contributed by atoms with Gasteiger partial charge in [-0.2, -0.15) is 0 Å². The normalized spacial score (nSPS) is 22.1. The Morgan fingerprint density at radius 1 is 1.19 bits per heavy atom. The van der Waals surface area contributed by atoms with Gasteiger partial charge < -0.3 is 30.1 Å². The number of carbonyl (C=O) groups excluding carboxylic acids is 3. The van der Waals surface area contributed by atoms with Gasteiger partial charge in [0.05, 0.1) is 42.0 Å². The number of β-amino-alcohol motifs (C(OH)–C–C–N with tert-alkyl or cyclic N) is 1. The highest BCUT2D eigenvalue weighted by Gasteiger charge is 2.45. The number of benzene rings is 1. The molecule has 4 atom stereocenters. The Morgan fingerprint density at radius 2 is 1.93 bits per heavy atom. The Balaban J connectivity index is 1.42. The summed E-state index contributed by atoms with van der Waals surface area (Å²) in [6, 6.07) is 5.61. The number of aliphatic hydroxyl groups is 1. The molecule has 3 amide bonds. The molecule has 2 aromatic rings. The standard InChI is InChI=1S/C30H43N5O6S/c1-19-25(42-18-32-19)21-8-6-20(7-9-21)15-31-27(37)23-14-22(36)16-35(23)29(39)26(30(2,3)4)33-28(38)24-17-41-13-11-34(24)10-12-40-5/h6-9,18,22-24,26,36H,10-17H2,1-5H3,(H,31,37)(H,33,38)/t22-,23+,24+,26?/m1/s1. The Kier molecular flexibility index (Phi) is 10.7. The average Bonchev–Trinajstić information content (AvgIpc) is 3.58. The van der Waals surface area contributed by atoms with Crippen LogP contribution in [0.2, 0.25) is 0 Å². The average molecular weight is 602 g/mol. The molecule has 2 aliphatic rings. The van der Waals surface area contributed by atoms with Crippen molar-refractivity contribution < 1.29 is 29.0 Å². The molecule has 2 saturated heterocycles. The smallest absolute Gasteiger partial charge is 0.246 e. The number of nitrogens with zero attached hydrogens (tertiary/aromatic N) is 3. The third kappa shape index (κ3) is 7.73. The highest BCUT2D eigenvalue weighted by atomic mass is 32.1. The molecule has 1 aromatic carbocycles. The number of nitrogens with one attached hydrogen (secondary N) is 2. The first kappa shape index (κ1) is 32.0. The highest BCUT2D eigenvalue weighted by molar-refractivity contribution is 7.13. The lowest BCUT2D eigenvalue weighted by Crippen LogP contribution is -2.62. The van der Waals surface area contributed by atoms with Crippen LogP contribution in [0.3, 0.4) is 0 Å². The van der Waals surface area contributed by atoms with Gasteiger partial charge in [-0.15, -0.1) is 11.3 Å². The molecular weight excluding hydrogens is 558 g/mol. The van der Waals surface area contributed by atoms with Crippen molar-refractivity contribution in [1.29, 1.82) is 0 Å². The zero-order chi connectivity index (χ0) is 30.4. The summed E-state index contributed by atoms with van der Waals surface area (Å²) in [6.45, 7) is 10.3. The Bertz CT molecular complexity index is 1230. The summed E-state index contributed by atoms with van der Waals surface area (Å²) in [7, 11) is 1.61. The van der Waals surface area contributed by atoms with Gasteiger partial charge >= 0.3 is 0 Å². The number of thiazole rings is 1. The number of aromatic nitrogens is 1. The van der Waals surface area contributed by atoms with E-state index in [1.165, 1.54) is 4.90 Å². The summed E-state index contributed by atoms with van der Waals surface area (Å²) >= 11 is 1.58. The molecule has 0 radical (unpaired) electrons. The van der Waals surface area contributed by atoms with Crippen LogP contribution in [-0.2, 0) is 30.4 Å². The fourth-order valence-corrected chi connectivity index (χ4v) is 6.19. The summed E-state index contributed by atoms with van der Waals surface area (Å²) in [5.74, 6) is -1.04. The van der Waals surface area contributed by atoms with Crippen molar-refractivity contribution in [2.45, 2.75) is 64.9 Å². The fraction of sp³-hybridized carbons (Fsp3) is 0.600. The van der Waals surface area contributed by atoms with Crippen molar-refractivity contribution in [3.8, 4) is 10.4 Å². The second-order valence-corrected chi connectivity index (χ2v) is 12.9. The highest BCUT2D eigenvalue weighted by Crippen LogP contribution is 2.28. The topological polar surface area (TPSA) is 133 Å². The van der Waals surface area contributed by atoms with Crippen LogP contribution in [0.1, 0.15) is 38.4 Å². The molecule has 0 spiro atoms. The second kappa shape index (κ2) is 14.0. The van der Waals surface area contributed by atoms with Crippen LogP contribution in [-0.4, -0.2) is 108 Å². The second-order valence-electron chi connectivity index (χ2n) is 12.0. The Hall–Kier alpha value is -2.90. The Labute approximate surface area is 251 Å². The quantitative estimate of drug-likeness (QED) is 0.374. The van der Waals surface area contributed by atoms with E-state index in [1.54, 1.807) is 18.4 Å². The van der Waals surface area contributed by atoms with Crippen LogP contribution < -0.4 is 10.6 Å². The first-order valence-corrected chi connectivity index (χ1v) is 15.2. The molecule has 3 heterocycles. The van der Waals surface area contributed by atoms with Gasteiger partial charge in [0.1, 0.15) is 18.1 Å². The maximum absolute atomic E-state index is 13.9. The zero-order valence-electron chi connectivity index (χ0n) is 25.1.